The van der Waals surface area contributed by atoms with Crippen LogP contribution in [-0.2, 0) is 10.3 Å². The number of aliphatic hydroxyl groups is 1. The third-order valence-corrected chi connectivity index (χ3v) is 3.34. The van der Waals surface area contributed by atoms with E-state index in [1.54, 1.807) is 12.4 Å². The van der Waals surface area contributed by atoms with Crippen LogP contribution < -0.4 is 4.74 Å². The maximum Gasteiger partial charge on any atom is 0.138 e. The Balaban J connectivity index is 2.24. The average Bonchev–Trinajstić information content (AvgIpc) is 2.26. The van der Waals surface area contributed by atoms with Gasteiger partial charge in [0.15, 0.2) is 0 Å². The molecule has 4 nitrogen and oxygen atoms in total. The smallest absolute Gasteiger partial charge is 0.138 e. The van der Waals surface area contributed by atoms with E-state index in [1.807, 2.05) is 33.8 Å². The van der Waals surface area contributed by atoms with Gasteiger partial charge in [0, 0.05) is 24.6 Å². The van der Waals surface area contributed by atoms with Crippen LogP contribution in [0, 0.1) is 0 Å². The van der Waals surface area contributed by atoms with Gasteiger partial charge in [-0.1, -0.05) is 0 Å². The van der Waals surface area contributed by atoms with Crippen molar-refractivity contribution in [3.8, 4) is 5.75 Å². The fourth-order valence-corrected chi connectivity index (χ4v) is 2.77. The molecule has 1 saturated heterocycles. The third-order valence-electron chi connectivity index (χ3n) is 3.34. The van der Waals surface area contributed by atoms with E-state index in [4.69, 9.17) is 9.47 Å². The van der Waals surface area contributed by atoms with Crippen molar-refractivity contribution in [2.75, 3.05) is 0 Å². The standard InChI is InChI=1S/C15H23NO3/c1-10(2)18-14-5-13(8-16-9-14)15(17)6-11(3)19-12(4)7-15/h5,8-12,17H,6-7H2,1-4H3. The lowest BCUT2D eigenvalue weighted by Gasteiger charge is -2.39. The van der Waals surface area contributed by atoms with Gasteiger partial charge in [-0.3, -0.25) is 4.98 Å². The number of aromatic nitrogens is 1. The quantitative estimate of drug-likeness (QED) is 0.913. The maximum absolute atomic E-state index is 10.9. The molecule has 0 spiro atoms. The van der Waals surface area contributed by atoms with Crippen LogP contribution in [0.4, 0.5) is 0 Å². The predicted octanol–water partition coefficient (Wildman–Crippen LogP) is 2.64. The van der Waals surface area contributed by atoms with Gasteiger partial charge in [-0.2, -0.15) is 0 Å². The second-order valence-electron chi connectivity index (χ2n) is 5.77. The monoisotopic (exact) mass is 265 g/mol. The highest BCUT2D eigenvalue weighted by molar-refractivity contribution is 5.29. The van der Waals surface area contributed by atoms with E-state index in [0.29, 0.717) is 18.6 Å². The summed E-state index contributed by atoms with van der Waals surface area (Å²) in [6.07, 6.45) is 4.76. The fourth-order valence-electron chi connectivity index (χ4n) is 2.77. The zero-order valence-electron chi connectivity index (χ0n) is 12.1. The van der Waals surface area contributed by atoms with E-state index >= 15 is 0 Å². The molecule has 0 radical (unpaired) electrons. The molecule has 1 aliphatic rings. The predicted molar refractivity (Wildman–Crippen MR) is 73.1 cm³/mol. The normalized spacial score (nSPS) is 31.5. The molecule has 19 heavy (non-hydrogen) atoms. The van der Waals surface area contributed by atoms with Gasteiger partial charge >= 0.3 is 0 Å². The average molecular weight is 265 g/mol. The second kappa shape index (κ2) is 5.47. The van der Waals surface area contributed by atoms with Crippen molar-refractivity contribution in [2.24, 2.45) is 0 Å². The molecule has 0 bridgehead atoms. The Morgan fingerprint density at radius 1 is 1.32 bits per heavy atom. The minimum Gasteiger partial charge on any atom is -0.489 e. The molecular weight excluding hydrogens is 242 g/mol. The summed E-state index contributed by atoms with van der Waals surface area (Å²) in [5.41, 5.74) is -0.0619. The van der Waals surface area contributed by atoms with Crippen molar-refractivity contribution in [3.05, 3.63) is 24.0 Å². The van der Waals surface area contributed by atoms with Crippen LogP contribution in [-0.4, -0.2) is 28.4 Å². The minimum atomic E-state index is -0.875. The lowest BCUT2D eigenvalue weighted by molar-refractivity contribution is -0.136. The summed E-state index contributed by atoms with van der Waals surface area (Å²) in [6.45, 7) is 7.92. The minimum absolute atomic E-state index is 0.0448. The third kappa shape index (κ3) is 3.45. The fraction of sp³-hybridized carbons (Fsp3) is 0.667. The first-order chi connectivity index (χ1) is 8.89. The van der Waals surface area contributed by atoms with Gasteiger partial charge in [-0.25, -0.2) is 0 Å². The molecule has 1 N–H and O–H groups in total. The molecular formula is C15H23NO3. The first-order valence-electron chi connectivity index (χ1n) is 6.89. The van der Waals surface area contributed by atoms with Gasteiger partial charge in [0.1, 0.15) is 5.75 Å². The van der Waals surface area contributed by atoms with Gasteiger partial charge < -0.3 is 14.6 Å². The Morgan fingerprint density at radius 3 is 2.53 bits per heavy atom. The van der Waals surface area contributed by atoms with Crippen LogP contribution in [0.15, 0.2) is 18.5 Å². The molecule has 106 valence electrons. The van der Waals surface area contributed by atoms with Crippen LogP contribution in [0.25, 0.3) is 0 Å². The molecule has 0 saturated carbocycles. The topological polar surface area (TPSA) is 51.6 Å². The van der Waals surface area contributed by atoms with Gasteiger partial charge in [0.05, 0.1) is 30.1 Å². The van der Waals surface area contributed by atoms with Crippen molar-refractivity contribution in [1.29, 1.82) is 0 Å². The van der Waals surface area contributed by atoms with E-state index in [0.717, 1.165) is 5.56 Å². The molecule has 1 fully saturated rings. The van der Waals surface area contributed by atoms with E-state index in [-0.39, 0.29) is 18.3 Å². The molecule has 2 atom stereocenters. The molecule has 1 aromatic heterocycles. The van der Waals surface area contributed by atoms with Crippen LogP contribution in [0.5, 0.6) is 5.75 Å². The number of nitrogens with zero attached hydrogens (tertiary/aromatic N) is 1. The van der Waals surface area contributed by atoms with Gasteiger partial charge in [-0.15, -0.1) is 0 Å². The van der Waals surface area contributed by atoms with Crippen LogP contribution in [0.2, 0.25) is 0 Å². The first kappa shape index (κ1) is 14.3. The van der Waals surface area contributed by atoms with E-state index in [1.165, 1.54) is 0 Å². The highest BCUT2D eigenvalue weighted by Crippen LogP contribution is 2.38. The Kier molecular flexibility index (Phi) is 4.11. The zero-order chi connectivity index (χ0) is 14.0. The van der Waals surface area contributed by atoms with E-state index < -0.39 is 5.60 Å². The van der Waals surface area contributed by atoms with Gasteiger partial charge in [0.2, 0.25) is 0 Å². The van der Waals surface area contributed by atoms with Gasteiger partial charge in [-0.05, 0) is 33.8 Å². The SMILES string of the molecule is CC(C)Oc1cncc(C2(O)CC(C)OC(C)C2)c1. The number of pyridine rings is 1. The van der Waals surface area contributed by atoms with Gasteiger partial charge in [0.25, 0.3) is 0 Å². The molecule has 1 aromatic rings. The van der Waals surface area contributed by atoms with Crippen LogP contribution >= 0.6 is 0 Å². The molecule has 2 heterocycles. The molecule has 0 aromatic carbocycles. The Hall–Kier alpha value is -1.13. The molecule has 0 aliphatic carbocycles. The highest BCUT2D eigenvalue weighted by atomic mass is 16.5. The summed E-state index contributed by atoms with van der Waals surface area (Å²) in [6, 6.07) is 1.89. The molecule has 2 unspecified atom stereocenters. The lowest BCUT2D eigenvalue weighted by Crippen LogP contribution is -2.41. The second-order valence-corrected chi connectivity index (χ2v) is 5.77. The van der Waals surface area contributed by atoms with Crippen LogP contribution in [0.3, 0.4) is 0 Å². The Bertz CT molecular complexity index is 423. The molecule has 4 heteroatoms. The van der Waals surface area contributed by atoms with E-state index in [9.17, 15) is 5.11 Å². The van der Waals surface area contributed by atoms with Crippen molar-refractivity contribution in [2.45, 2.75) is 64.4 Å². The molecule has 0 amide bonds. The molecule has 2 rings (SSSR count). The first-order valence-corrected chi connectivity index (χ1v) is 6.89. The number of ether oxygens (including phenoxy) is 2. The summed E-state index contributed by atoms with van der Waals surface area (Å²) in [4.78, 5) is 4.18. The maximum atomic E-state index is 10.9. The van der Waals surface area contributed by atoms with Crippen molar-refractivity contribution < 1.29 is 14.6 Å². The largest absolute Gasteiger partial charge is 0.489 e. The number of rotatable bonds is 3. The summed E-state index contributed by atoms with van der Waals surface area (Å²) < 4.78 is 11.3. The Morgan fingerprint density at radius 2 is 1.95 bits per heavy atom. The lowest BCUT2D eigenvalue weighted by atomic mass is 9.82. The summed E-state index contributed by atoms with van der Waals surface area (Å²) >= 11 is 0. The summed E-state index contributed by atoms with van der Waals surface area (Å²) in [5.74, 6) is 0.702. The van der Waals surface area contributed by atoms with Crippen LogP contribution in [0.1, 0.15) is 46.1 Å². The van der Waals surface area contributed by atoms with Crippen molar-refractivity contribution >= 4 is 0 Å². The summed E-state index contributed by atoms with van der Waals surface area (Å²) in [7, 11) is 0. The van der Waals surface area contributed by atoms with E-state index in [2.05, 4.69) is 4.98 Å². The van der Waals surface area contributed by atoms with Crippen molar-refractivity contribution in [3.63, 3.8) is 0 Å². The van der Waals surface area contributed by atoms with Crippen molar-refractivity contribution in [1.82, 2.24) is 4.98 Å². The highest BCUT2D eigenvalue weighted by Gasteiger charge is 2.38. The molecule has 1 aliphatic heterocycles. The number of hydrogen-bond acceptors (Lipinski definition) is 4. The zero-order valence-corrected chi connectivity index (χ0v) is 12.1. The Labute approximate surface area is 114 Å². The summed E-state index contributed by atoms with van der Waals surface area (Å²) in [5, 5.41) is 10.9. The number of hydrogen-bond donors (Lipinski definition) is 1.